The maximum Gasteiger partial charge on any atom is 0.345 e. The summed E-state index contributed by atoms with van der Waals surface area (Å²) in [6, 6.07) is 10.4. The summed E-state index contributed by atoms with van der Waals surface area (Å²) in [4.78, 5) is 33.2. The molecule has 2 bridgehead atoms. The van der Waals surface area contributed by atoms with Crippen molar-refractivity contribution in [2.24, 2.45) is 0 Å². The van der Waals surface area contributed by atoms with Gasteiger partial charge >= 0.3 is 12.0 Å². The second kappa shape index (κ2) is 6.44. The second-order valence-corrected chi connectivity index (χ2v) is 8.29. The average Bonchev–Trinajstić information content (AvgIpc) is 3.14. The molecule has 1 fully saturated rings. The molecular weight excluding hydrogens is 408 g/mol. The third kappa shape index (κ3) is 2.74. The summed E-state index contributed by atoms with van der Waals surface area (Å²) in [6.45, 7) is 0.698. The van der Waals surface area contributed by atoms with E-state index >= 15 is 0 Å². The van der Waals surface area contributed by atoms with Gasteiger partial charge in [0, 0.05) is 4.88 Å². The van der Waals surface area contributed by atoms with Crippen LogP contribution in [0.4, 0.5) is 4.79 Å². The molecule has 2 aliphatic heterocycles. The zero-order valence-corrected chi connectivity index (χ0v) is 15.7. The van der Waals surface area contributed by atoms with E-state index in [1.54, 1.807) is 0 Å². The van der Waals surface area contributed by atoms with Crippen LogP contribution in [0.5, 0.6) is 0 Å². The molecule has 0 spiro atoms. The summed E-state index contributed by atoms with van der Waals surface area (Å²) < 4.78 is 5.83. The zero-order valence-electron chi connectivity index (χ0n) is 13.3. The van der Waals surface area contributed by atoms with Gasteiger partial charge in [0.1, 0.15) is 12.6 Å². The minimum absolute atomic E-state index is 0.227. The minimum Gasteiger partial charge on any atom is -0.467 e. The molecule has 2 aliphatic rings. The Hall–Kier alpha value is -1.90. The van der Waals surface area contributed by atoms with Crippen LogP contribution in [0.25, 0.3) is 0 Å². The SMILES string of the molecule is COC(=O)C1c2sc(Br)cc2C2CN1C(=O)N2OCc1ccccc1. The van der Waals surface area contributed by atoms with Crippen molar-refractivity contribution in [3.8, 4) is 0 Å². The first-order valence-corrected chi connectivity index (χ1v) is 9.34. The monoisotopic (exact) mass is 422 g/mol. The van der Waals surface area contributed by atoms with Crippen LogP contribution in [0.2, 0.25) is 0 Å². The molecule has 2 amide bonds. The molecule has 0 aliphatic carbocycles. The number of carbonyl (C=O) groups is 2. The topological polar surface area (TPSA) is 59.1 Å². The number of esters is 1. The second-order valence-electron chi connectivity index (χ2n) is 5.83. The van der Waals surface area contributed by atoms with E-state index in [-0.39, 0.29) is 12.1 Å². The number of amides is 2. The lowest BCUT2D eigenvalue weighted by atomic mass is 10.00. The van der Waals surface area contributed by atoms with E-state index in [0.717, 1.165) is 19.8 Å². The van der Waals surface area contributed by atoms with Gasteiger partial charge in [-0.3, -0.25) is 4.84 Å². The fourth-order valence-electron chi connectivity index (χ4n) is 3.25. The Labute approximate surface area is 157 Å². The third-order valence-electron chi connectivity index (χ3n) is 4.40. The van der Waals surface area contributed by atoms with E-state index in [1.165, 1.54) is 28.4 Å². The van der Waals surface area contributed by atoms with Crippen LogP contribution in [0.3, 0.4) is 0 Å². The van der Waals surface area contributed by atoms with Crippen LogP contribution in [0, 0.1) is 0 Å². The summed E-state index contributed by atoms with van der Waals surface area (Å²) in [7, 11) is 1.33. The van der Waals surface area contributed by atoms with Crippen LogP contribution in [0.15, 0.2) is 40.2 Å². The number of carbonyl (C=O) groups excluding carboxylic acids is 2. The summed E-state index contributed by atoms with van der Waals surface area (Å²) in [5, 5.41) is 1.38. The number of ether oxygens (including phenoxy) is 1. The smallest absolute Gasteiger partial charge is 0.345 e. The number of halogens is 1. The largest absolute Gasteiger partial charge is 0.467 e. The number of nitrogens with zero attached hydrogens (tertiary/aromatic N) is 2. The molecule has 0 N–H and O–H groups in total. The van der Waals surface area contributed by atoms with Crippen molar-refractivity contribution >= 4 is 39.3 Å². The molecule has 2 aromatic rings. The molecule has 25 heavy (non-hydrogen) atoms. The van der Waals surface area contributed by atoms with Gasteiger partial charge in [-0.1, -0.05) is 30.3 Å². The summed E-state index contributed by atoms with van der Waals surface area (Å²) in [5.41, 5.74) is 1.91. The van der Waals surface area contributed by atoms with Gasteiger partial charge < -0.3 is 9.64 Å². The highest BCUT2D eigenvalue weighted by Gasteiger charge is 2.52. The molecule has 0 saturated carbocycles. The van der Waals surface area contributed by atoms with Gasteiger partial charge in [0.25, 0.3) is 0 Å². The molecule has 130 valence electrons. The molecule has 0 radical (unpaired) electrons. The molecular formula is C17H15BrN2O4S. The van der Waals surface area contributed by atoms with Gasteiger partial charge in [0.2, 0.25) is 0 Å². The van der Waals surface area contributed by atoms with Gasteiger partial charge in [-0.2, -0.15) is 5.06 Å². The highest BCUT2D eigenvalue weighted by atomic mass is 79.9. The number of fused-ring (bicyclic) bond motifs is 4. The van der Waals surface area contributed by atoms with Crippen molar-refractivity contribution in [2.45, 2.75) is 18.7 Å². The fraction of sp³-hybridized carbons (Fsp3) is 0.294. The first kappa shape index (κ1) is 16.6. The highest BCUT2D eigenvalue weighted by Crippen LogP contribution is 2.48. The quantitative estimate of drug-likeness (QED) is 0.705. The molecule has 8 heteroatoms. The predicted octanol–water partition coefficient (Wildman–Crippen LogP) is 3.65. The van der Waals surface area contributed by atoms with Crippen LogP contribution in [-0.2, 0) is 21.0 Å². The summed E-state index contributed by atoms with van der Waals surface area (Å²) >= 11 is 4.92. The number of hydrogen-bond donors (Lipinski definition) is 0. The number of thiophene rings is 1. The number of rotatable bonds is 4. The van der Waals surface area contributed by atoms with Gasteiger partial charge in [0.05, 0.1) is 17.4 Å². The molecule has 2 unspecified atom stereocenters. The molecule has 6 nitrogen and oxygen atoms in total. The Morgan fingerprint density at radius 1 is 1.36 bits per heavy atom. The highest BCUT2D eigenvalue weighted by molar-refractivity contribution is 9.11. The van der Waals surface area contributed by atoms with E-state index in [1.807, 2.05) is 36.4 Å². The van der Waals surface area contributed by atoms with Gasteiger partial charge in [-0.15, -0.1) is 11.3 Å². The maximum absolute atomic E-state index is 12.8. The number of urea groups is 1. The fourth-order valence-corrected chi connectivity index (χ4v) is 5.06. The third-order valence-corrected chi connectivity index (χ3v) is 6.11. The first-order valence-electron chi connectivity index (χ1n) is 7.73. The predicted molar refractivity (Wildman–Crippen MR) is 94.7 cm³/mol. The van der Waals surface area contributed by atoms with Crippen LogP contribution >= 0.6 is 27.3 Å². The number of hydrogen-bond acceptors (Lipinski definition) is 5. The maximum atomic E-state index is 12.8. The molecule has 1 aromatic carbocycles. The Balaban J connectivity index is 1.64. The summed E-state index contributed by atoms with van der Waals surface area (Å²) in [6.07, 6.45) is 0. The van der Waals surface area contributed by atoms with E-state index in [2.05, 4.69) is 15.9 Å². The Kier molecular flexibility index (Phi) is 4.26. The Bertz CT molecular complexity index is 825. The number of benzene rings is 1. The van der Waals surface area contributed by atoms with Gasteiger partial charge in [0.15, 0.2) is 6.04 Å². The van der Waals surface area contributed by atoms with E-state index < -0.39 is 12.0 Å². The molecule has 1 saturated heterocycles. The van der Waals surface area contributed by atoms with Crippen LogP contribution in [-0.4, -0.2) is 35.6 Å². The molecule has 2 atom stereocenters. The van der Waals surface area contributed by atoms with Crippen molar-refractivity contribution in [1.82, 2.24) is 9.96 Å². The molecule has 1 aromatic heterocycles. The zero-order chi connectivity index (χ0) is 17.6. The Morgan fingerprint density at radius 2 is 2.12 bits per heavy atom. The Morgan fingerprint density at radius 3 is 2.84 bits per heavy atom. The molecule has 4 rings (SSSR count). The van der Waals surface area contributed by atoms with Crippen molar-refractivity contribution in [2.75, 3.05) is 13.7 Å². The van der Waals surface area contributed by atoms with E-state index in [0.29, 0.717) is 13.2 Å². The minimum atomic E-state index is -0.717. The van der Waals surface area contributed by atoms with Crippen molar-refractivity contribution in [1.29, 1.82) is 0 Å². The standard InChI is InChI=1S/C17H15BrN2O4S/c1-23-16(21)14-15-11(7-13(18)25-15)12-8-19(14)17(22)20(12)24-9-10-5-3-2-4-6-10/h2-7,12,14H,8-9H2,1H3. The van der Waals surface area contributed by atoms with Crippen molar-refractivity contribution in [3.63, 3.8) is 0 Å². The lowest BCUT2D eigenvalue weighted by Gasteiger charge is -2.28. The van der Waals surface area contributed by atoms with Crippen molar-refractivity contribution in [3.05, 3.63) is 56.2 Å². The molecule has 3 heterocycles. The average molecular weight is 423 g/mol. The van der Waals surface area contributed by atoms with Gasteiger partial charge in [-0.25, -0.2) is 9.59 Å². The lowest BCUT2D eigenvalue weighted by Crippen LogP contribution is -2.38. The normalized spacial score (nSPS) is 21.4. The lowest BCUT2D eigenvalue weighted by molar-refractivity contribution is -0.146. The van der Waals surface area contributed by atoms with Gasteiger partial charge in [-0.05, 0) is 33.1 Å². The van der Waals surface area contributed by atoms with E-state index in [4.69, 9.17) is 9.57 Å². The van der Waals surface area contributed by atoms with Crippen LogP contribution in [0.1, 0.15) is 28.1 Å². The number of methoxy groups -OCH3 is 1. The van der Waals surface area contributed by atoms with Crippen LogP contribution < -0.4 is 0 Å². The first-order chi connectivity index (χ1) is 12.1. The van der Waals surface area contributed by atoms with E-state index in [9.17, 15) is 9.59 Å². The van der Waals surface area contributed by atoms with Crippen molar-refractivity contribution < 1.29 is 19.2 Å². The number of hydroxylamine groups is 2. The summed E-state index contributed by atoms with van der Waals surface area (Å²) in [5.74, 6) is -0.438.